The number of hydrogen-bond donors (Lipinski definition) is 1. The molecule has 1 aliphatic carbocycles. The van der Waals surface area contributed by atoms with Crippen molar-refractivity contribution in [1.82, 2.24) is 20.2 Å². The van der Waals surface area contributed by atoms with Gasteiger partial charge in [-0.2, -0.15) is 0 Å². The van der Waals surface area contributed by atoms with Crippen molar-refractivity contribution >= 4 is 17.1 Å². The lowest BCUT2D eigenvalue weighted by molar-refractivity contribution is 0.0104. The molecule has 2 fully saturated rings. The fourth-order valence-corrected chi connectivity index (χ4v) is 4.80. The molecule has 1 N–H and O–H groups in total. The Hall–Kier alpha value is -2.21. The average molecular weight is 397 g/mol. The second-order valence-electron chi connectivity index (χ2n) is 9.37. The standard InChI is InChI=1S/C23H32N4O2/c1-23(2,3)29-22(28)27-19(13-17-7-4-5-9-20(17)27)15-24-14-18-11-10-16-8-6-12-25-21(16)26-18/h6,8,10-12,17,19-20,24H,4-5,7,9,13-15H2,1-3H3. The number of ether oxygens (including phenoxy) is 1. The van der Waals surface area contributed by atoms with Crippen LogP contribution in [0, 0.1) is 5.92 Å². The summed E-state index contributed by atoms with van der Waals surface area (Å²) in [5.41, 5.74) is 1.27. The number of nitrogens with one attached hydrogen (secondary N) is 1. The van der Waals surface area contributed by atoms with E-state index in [-0.39, 0.29) is 12.1 Å². The van der Waals surface area contributed by atoms with Gasteiger partial charge in [0.05, 0.1) is 5.69 Å². The van der Waals surface area contributed by atoms with Crippen molar-refractivity contribution in [3.63, 3.8) is 0 Å². The zero-order valence-corrected chi connectivity index (χ0v) is 17.7. The third-order valence-electron chi connectivity index (χ3n) is 6.01. The number of fused-ring (bicyclic) bond motifs is 2. The Labute approximate surface area is 173 Å². The van der Waals surface area contributed by atoms with Crippen LogP contribution >= 0.6 is 0 Å². The molecule has 0 spiro atoms. The normalized spacial score (nSPS) is 24.5. The first-order valence-electron chi connectivity index (χ1n) is 10.8. The van der Waals surface area contributed by atoms with E-state index in [9.17, 15) is 4.79 Å². The van der Waals surface area contributed by atoms with E-state index in [4.69, 9.17) is 4.74 Å². The highest BCUT2D eigenvalue weighted by atomic mass is 16.6. The summed E-state index contributed by atoms with van der Waals surface area (Å²) in [7, 11) is 0. The summed E-state index contributed by atoms with van der Waals surface area (Å²) in [5.74, 6) is 0.603. The molecule has 6 heteroatoms. The zero-order chi connectivity index (χ0) is 20.4. The van der Waals surface area contributed by atoms with Crippen molar-refractivity contribution < 1.29 is 9.53 Å². The van der Waals surface area contributed by atoms with E-state index < -0.39 is 5.60 Å². The van der Waals surface area contributed by atoms with Crippen molar-refractivity contribution in [2.45, 2.75) is 77.1 Å². The molecule has 0 aromatic carbocycles. The number of aromatic nitrogens is 2. The largest absolute Gasteiger partial charge is 0.444 e. The topological polar surface area (TPSA) is 67.3 Å². The van der Waals surface area contributed by atoms with Gasteiger partial charge >= 0.3 is 6.09 Å². The van der Waals surface area contributed by atoms with Crippen LogP contribution in [0.3, 0.4) is 0 Å². The predicted octanol–water partition coefficient (Wildman–Crippen LogP) is 4.29. The van der Waals surface area contributed by atoms with Gasteiger partial charge in [-0.25, -0.2) is 14.8 Å². The monoisotopic (exact) mass is 396 g/mol. The molecular weight excluding hydrogens is 364 g/mol. The minimum Gasteiger partial charge on any atom is -0.444 e. The number of carbonyl (C=O) groups excluding carboxylic acids is 1. The quantitative estimate of drug-likeness (QED) is 0.835. The SMILES string of the molecule is CC(C)(C)OC(=O)N1C(CNCc2ccc3cccnc3n2)CC2CCCCC21. The first kappa shape index (κ1) is 20.1. The molecule has 2 aliphatic rings. The molecule has 3 atom stereocenters. The van der Waals surface area contributed by atoms with Crippen molar-refractivity contribution in [2.24, 2.45) is 5.92 Å². The van der Waals surface area contributed by atoms with Crippen molar-refractivity contribution in [3.8, 4) is 0 Å². The molecule has 1 saturated carbocycles. The second-order valence-corrected chi connectivity index (χ2v) is 9.37. The molecular formula is C23H32N4O2. The summed E-state index contributed by atoms with van der Waals surface area (Å²) in [5, 5.41) is 4.57. The first-order chi connectivity index (χ1) is 13.9. The molecule has 6 nitrogen and oxygen atoms in total. The highest BCUT2D eigenvalue weighted by Crippen LogP contribution is 2.40. The van der Waals surface area contributed by atoms with E-state index in [1.54, 1.807) is 6.20 Å². The minimum atomic E-state index is -0.468. The molecule has 0 radical (unpaired) electrons. The Morgan fingerprint density at radius 1 is 1.24 bits per heavy atom. The van der Waals surface area contributed by atoms with Crippen molar-refractivity contribution in [1.29, 1.82) is 0 Å². The smallest absolute Gasteiger partial charge is 0.410 e. The first-order valence-corrected chi connectivity index (χ1v) is 10.8. The van der Waals surface area contributed by atoms with Crippen LogP contribution in [0.1, 0.15) is 58.6 Å². The molecule has 3 unspecified atom stereocenters. The maximum absolute atomic E-state index is 13.0. The molecule has 0 bridgehead atoms. The molecule has 2 aromatic rings. The van der Waals surface area contributed by atoms with Gasteiger partial charge in [0.15, 0.2) is 5.65 Å². The van der Waals surface area contributed by atoms with E-state index in [2.05, 4.69) is 21.4 Å². The summed E-state index contributed by atoms with van der Waals surface area (Å²) >= 11 is 0. The lowest BCUT2D eigenvalue weighted by Crippen LogP contribution is -2.48. The minimum absolute atomic E-state index is 0.160. The van der Waals surface area contributed by atoms with Gasteiger partial charge in [-0.3, -0.25) is 0 Å². The van der Waals surface area contributed by atoms with Crippen LogP contribution in [0.4, 0.5) is 4.79 Å². The van der Waals surface area contributed by atoms with Crippen molar-refractivity contribution in [3.05, 3.63) is 36.2 Å². The second kappa shape index (κ2) is 8.27. The van der Waals surface area contributed by atoms with Gasteiger partial charge < -0.3 is 15.0 Å². The number of rotatable bonds is 4. The van der Waals surface area contributed by atoms with Crippen LogP contribution in [0.25, 0.3) is 11.0 Å². The van der Waals surface area contributed by atoms with Crippen LogP contribution < -0.4 is 5.32 Å². The summed E-state index contributed by atoms with van der Waals surface area (Å²) in [6.45, 7) is 7.23. The van der Waals surface area contributed by atoms with Crippen LogP contribution in [-0.2, 0) is 11.3 Å². The lowest BCUT2D eigenvalue weighted by Gasteiger charge is -2.35. The molecule has 1 aliphatic heterocycles. The fraction of sp³-hybridized carbons (Fsp3) is 0.609. The van der Waals surface area contributed by atoms with Gasteiger partial charge in [0.25, 0.3) is 0 Å². The predicted molar refractivity (Wildman–Crippen MR) is 113 cm³/mol. The summed E-state index contributed by atoms with van der Waals surface area (Å²) < 4.78 is 5.75. The third kappa shape index (κ3) is 4.69. The van der Waals surface area contributed by atoms with Gasteiger partial charge in [0.1, 0.15) is 5.60 Å². The van der Waals surface area contributed by atoms with Gasteiger partial charge in [-0.15, -0.1) is 0 Å². The van der Waals surface area contributed by atoms with Crippen LogP contribution in [0.15, 0.2) is 30.5 Å². The molecule has 2 aromatic heterocycles. The third-order valence-corrected chi connectivity index (χ3v) is 6.01. The molecule has 3 heterocycles. The Kier molecular flexibility index (Phi) is 5.72. The van der Waals surface area contributed by atoms with E-state index >= 15 is 0 Å². The summed E-state index contributed by atoms with van der Waals surface area (Å²) in [6.07, 6.45) is 7.46. The summed E-state index contributed by atoms with van der Waals surface area (Å²) in [6, 6.07) is 8.55. The molecule has 1 amide bonds. The van der Waals surface area contributed by atoms with Crippen molar-refractivity contribution in [2.75, 3.05) is 6.54 Å². The van der Waals surface area contributed by atoms with Gasteiger partial charge in [-0.1, -0.05) is 12.8 Å². The number of nitrogens with zero attached hydrogens (tertiary/aromatic N) is 3. The van der Waals surface area contributed by atoms with Crippen LogP contribution in [0.2, 0.25) is 0 Å². The number of carbonyl (C=O) groups is 1. The van der Waals surface area contributed by atoms with Gasteiger partial charge in [0.2, 0.25) is 0 Å². The average Bonchev–Trinajstić information content (AvgIpc) is 3.05. The van der Waals surface area contributed by atoms with E-state index in [0.29, 0.717) is 18.5 Å². The molecule has 29 heavy (non-hydrogen) atoms. The Bertz CT molecular complexity index is 863. The molecule has 156 valence electrons. The van der Waals surface area contributed by atoms with Gasteiger partial charge in [-0.05, 0) is 70.2 Å². The van der Waals surface area contributed by atoms with Gasteiger partial charge in [0, 0.05) is 36.8 Å². The maximum atomic E-state index is 13.0. The number of pyridine rings is 2. The number of likely N-dealkylation sites (tertiary alicyclic amines) is 1. The Morgan fingerprint density at radius 2 is 2.07 bits per heavy atom. The zero-order valence-electron chi connectivity index (χ0n) is 17.7. The highest BCUT2D eigenvalue weighted by Gasteiger charge is 2.45. The summed E-state index contributed by atoms with van der Waals surface area (Å²) in [4.78, 5) is 24.0. The number of hydrogen-bond acceptors (Lipinski definition) is 5. The maximum Gasteiger partial charge on any atom is 0.410 e. The van der Waals surface area contributed by atoms with E-state index in [1.165, 1.54) is 19.3 Å². The molecule has 4 rings (SSSR count). The van der Waals surface area contributed by atoms with Crippen LogP contribution in [-0.4, -0.2) is 45.2 Å². The van der Waals surface area contributed by atoms with Crippen LogP contribution in [0.5, 0.6) is 0 Å². The fourth-order valence-electron chi connectivity index (χ4n) is 4.80. The Morgan fingerprint density at radius 3 is 2.90 bits per heavy atom. The van der Waals surface area contributed by atoms with E-state index in [0.717, 1.165) is 36.1 Å². The lowest BCUT2D eigenvalue weighted by atomic mass is 9.85. The highest BCUT2D eigenvalue weighted by molar-refractivity contribution is 5.74. The van der Waals surface area contributed by atoms with E-state index in [1.807, 2.05) is 43.9 Å². The molecule has 1 saturated heterocycles. The Balaban J connectivity index is 1.41. The number of amides is 1.